The van der Waals surface area contributed by atoms with Gasteiger partial charge in [-0.15, -0.1) is 0 Å². The molecule has 1 aromatic heterocycles. The molecule has 1 unspecified atom stereocenters. The number of hydrogen-bond acceptors (Lipinski definition) is 4. The van der Waals surface area contributed by atoms with E-state index >= 15 is 0 Å². The van der Waals surface area contributed by atoms with Crippen molar-refractivity contribution in [2.75, 3.05) is 32.4 Å². The number of nitrogen functional groups attached to an aromatic ring is 1. The fraction of sp³-hybridized carbons (Fsp3) is 0.538. The molecule has 2 N–H and O–H groups in total. The number of likely N-dealkylation sites (N-methyl/N-ethyl adjacent to an activating group) is 1. The summed E-state index contributed by atoms with van der Waals surface area (Å²) in [5.41, 5.74) is 6.15. The van der Waals surface area contributed by atoms with Crippen molar-refractivity contribution >= 4 is 23.3 Å². The first-order valence-corrected chi connectivity index (χ1v) is 6.77. The third-order valence-electron chi connectivity index (χ3n) is 3.37. The van der Waals surface area contributed by atoms with Crippen molar-refractivity contribution < 1.29 is 4.79 Å². The van der Waals surface area contributed by atoms with E-state index in [4.69, 9.17) is 17.3 Å². The highest BCUT2D eigenvalue weighted by molar-refractivity contribution is 6.29. The van der Waals surface area contributed by atoms with Crippen LogP contribution in [0.25, 0.3) is 0 Å². The Morgan fingerprint density at radius 2 is 2.21 bits per heavy atom. The van der Waals surface area contributed by atoms with Crippen LogP contribution in [-0.2, 0) is 0 Å². The van der Waals surface area contributed by atoms with E-state index < -0.39 is 0 Å². The molecule has 5 nitrogen and oxygen atoms in total. The van der Waals surface area contributed by atoms with E-state index in [1.165, 1.54) is 0 Å². The number of hydrogen-bond donors (Lipinski definition) is 1. The second-order valence-corrected chi connectivity index (χ2v) is 5.45. The van der Waals surface area contributed by atoms with Crippen LogP contribution in [0.2, 0.25) is 5.15 Å². The monoisotopic (exact) mass is 282 g/mol. The van der Waals surface area contributed by atoms with E-state index in [0.717, 1.165) is 26.1 Å². The quantitative estimate of drug-likeness (QED) is 0.793. The number of pyridine rings is 1. The van der Waals surface area contributed by atoms with Crippen LogP contribution in [0.5, 0.6) is 0 Å². The standard InChI is InChI=1S/C13H19ClN4O/c1-9-8-17(2)4-3-5-18(9)13(19)10-6-11(14)16-12(15)7-10/h6-7,9H,3-5,8H2,1-2H3,(H2,15,16). The van der Waals surface area contributed by atoms with Crippen molar-refractivity contribution in [3.63, 3.8) is 0 Å². The van der Waals surface area contributed by atoms with Crippen molar-refractivity contribution in [3.05, 3.63) is 22.8 Å². The minimum atomic E-state index is -0.0289. The third-order valence-corrected chi connectivity index (χ3v) is 3.56. The molecule has 1 aromatic rings. The van der Waals surface area contributed by atoms with Crippen molar-refractivity contribution in [2.24, 2.45) is 0 Å². The van der Waals surface area contributed by atoms with E-state index in [0.29, 0.717) is 5.56 Å². The molecule has 0 spiro atoms. The minimum absolute atomic E-state index is 0.0289. The van der Waals surface area contributed by atoms with Crippen molar-refractivity contribution in [2.45, 2.75) is 19.4 Å². The molecule has 1 atom stereocenters. The first-order valence-electron chi connectivity index (χ1n) is 6.40. The van der Waals surface area contributed by atoms with Crippen LogP contribution in [0.15, 0.2) is 12.1 Å². The number of amides is 1. The fourth-order valence-electron chi connectivity index (χ4n) is 2.48. The fourth-order valence-corrected chi connectivity index (χ4v) is 2.70. The van der Waals surface area contributed by atoms with Crippen LogP contribution in [0.4, 0.5) is 5.82 Å². The van der Waals surface area contributed by atoms with E-state index in [1.807, 2.05) is 4.90 Å². The Hall–Kier alpha value is -1.33. The minimum Gasteiger partial charge on any atom is -0.384 e. The van der Waals surface area contributed by atoms with Crippen LogP contribution in [0.3, 0.4) is 0 Å². The average Bonchev–Trinajstić information content (AvgIpc) is 2.48. The summed E-state index contributed by atoms with van der Waals surface area (Å²) in [5.74, 6) is 0.245. The molecular formula is C13H19ClN4O. The summed E-state index contributed by atoms with van der Waals surface area (Å²) < 4.78 is 0. The van der Waals surface area contributed by atoms with Gasteiger partial charge in [-0.3, -0.25) is 4.79 Å². The second-order valence-electron chi connectivity index (χ2n) is 5.07. The number of nitrogens with zero attached hydrogens (tertiary/aromatic N) is 3. The van der Waals surface area contributed by atoms with Gasteiger partial charge in [-0.1, -0.05) is 11.6 Å². The first kappa shape index (κ1) is 14.1. The van der Waals surface area contributed by atoms with Gasteiger partial charge in [0.2, 0.25) is 0 Å². The molecule has 1 amide bonds. The Kier molecular flexibility index (Phi) is 4.27. The molecule has 0 aromatic carbocycles. The van der Waals surface area contributed by atoms with Gasteiger partial charge in [-0.05, 0) is 39.1 Å². The highest BCUT2D eigenvalue weighted by Crippen LogP contribution is 2.17. The van der Waals surface area contributed by atoms with Crippen LogP contribution in [0, 0.1) is 0 Å². The summed E-state index contributed by atoms with van der Waals surface area (Å²) >= 11 is 5.85. The van der Waals surface area contributed by atoms with Gasteiger partial charge in [0.15, 0.2) is 0 Å². The number of rotatable bonds is 1. The van der Waals surface area contributed by atoms with E-state index in [2.05, 4.69) is 23.9 Å². The molecule has 104 valence electrons. The number of carbonyl (C=O) groups is 1. The van der Waals surface area contributed by atoms with Gasteiger partial charge in [0.25, 0.3) is 5.91 Å². The molecule has 2 rings (SSSR count). The lowest BCUT2D eigenvalue weighted by molar-refractivity contribution is 0.0696. The predicted octanol–water partition coefficient (Wildman–Crippen LogP) is 1.48. The number of carbonyl (C=O) groups excluding carboxylic acids is 1. The first-order chi connectivity index (χ1) is 8.97. The van der Waals surface area contributed by atoms with Gasteiger partial charge >= 0.3 is 0 Å². The lowest BCUT2D eigenvalue weighted by Crippen LogP contribution is -2.42. The van der Waals surface area contributed by atoms with Gasteiger partial charge < -0.3 is 15.5 Å². The molecule has 2 heterocycles. The summed E-state index contributed by atoms with van der Waals surface area (Å²) in [7, 11) is 2.08. The molecular weight excluding hydrogens is 264 g/mol. The molecule has 1 aliphatic rings. The average molecular weight is 283 g/mol. The van der Waals surface area contributed by atoms with Gasteiger partial charge in [0, 0.05) is 24.7 Å². The number of halogens is 1. The predicted molar refractivity (Wildman–Crippen MR) is 76.3 cm³/mol. The van der Waals surface area contributed by atoms with Gasteiger partial charge in [-0.2, -0.15) is 0 Å². The zero-order valence-electron chi connectivity index (χ0n) is 11.3. The van der Waals surface area contributed by atoms with E-state index in [9.17, 15) is 4.79 Å². The van der Waals surface area contributed by atoms with Crippen LogP contribution in [0.1, 0.15) is 23.7 Å². The van der Waals surface area contributed by atoms with Crippen LogP contribution in [-0.4, -0.2) is 53.4 Å². The SMILES string of the molecule is CC1CN(C)CCCN1C(=O)c1cc(N)nc(Cl)c1. The Balaban J connectivity index is 2.22. The molecule has 19 heavy (non-hydrogen) atoms. The molecule has 1 saturated heterocycles. The maximum atomic E-state index is 12.5. The molecule has 1 fully saturated rings. The normalized spacial score (nSPS) is 21.2. The highest BCUT2D eigenvalue weighted by atomic mass is 35.5. The summed E-state index contributed by atoms with van der Waals surface area (Å²) in [6, 6.07) is 3.32. The topological polar surface area (TPSA) is 62.5 Å². The second kappa shape index (κ2) is 5.75. The molecule has 0 aliphatic carbocycles. The van der Waals surface area contributed by atoms with Crippen LogP contribution < -0.4 is 5.73 Å². The lowest BCUT2D eigenvalue weighted by atomic mass is 10.2. The largest absolute Gasteiger partial charge is 0.384 e. The maximum Gasteiger partial charge on any atom is 0.254 e. The summed E-state index contributed by atoms with van der Waals surface area (Å²) in [5, 5.41) is 0.253. The summed E-state index contributed by atoms with van der Waals surface area (Å²) in [4.78, 5) is 20.5. The van der Waals surface area contributed by atoms with Gasteiger partial charge in [0.05, 0.1) is 0 Å². The smallest absolute Gasteiger partial charge is 0.254 e. The number of nitrogens with two attached hydrogens (primary N) is 1. The third kappa shape index (κ3) is 3.36. The van der Waals surface area contributed by atoms with Gasteiger partial charge in [-0.25, -0.2) is 4.98 Å². The Bertz CT molecular complexity index is 459. The molecule has 6 heteroatoms. The van der Waals surface area contributed by atoms with E-state index in [1.54, 1.807) is 12.1 Å². The van der Waals surface area contributed by atoms with Crippen molar-refractivity contribution in [3.8, 4) is 0 Å². The summed E-state index contributed by atoms with van der Waals surface area (Å²) in [6.07, 6.45) is 0.973. The molecule has 1 aliphatic heterocycles. The van der Waals surface area contributed by atoms with Crippen LogP contribution >= 0.6 is 11.6 Å². The highest BCUT2D eigenvalue weighted by Gasteiger charge is 2.25. The lowest BCUT2D eigenvalue weighted by Gasteiger charge is -2.28. The Morgan fingerprint density at radius 3 is 2.89 bits per heavy atom. The van der Waals surface area contributed by atoms with E-state index in [-0.39, 0.29) is 22.9 Å². The number of anilines is 1. The maximum absolute atomic E-state index is 12.5. The molecule has 0 saturated carbocycles. The molecule has 0 radical (unpaired) electrons. The van der Waals surface area contributed by atoms with Crippen molar-refractivity contribution in [1.82, 2.24) is 14.8 Å². The molecule has 0 bridgehead atoms. The van der Waals surface area contributed by atoms with Crippen molar-refractivity contribution in [1.29, 1.82) is 0 Å². The zero-order valence-corrected chi connectivity index (χ0v) is 12.0. The number of aromatic nitrogens is 1. The van der Waals surface area contributed by atoms with Gasteiger partial charge in [0.1, 0.15) is 11.0 Å². The zero-order chi connectivity index (χ0) is 14.0. The summed E-state index contributed by atoms with van der Waals surface area (Å²) in [6.45, 7) is 4.70. The Labute approximate surface area is 118 Å². The Morgan fingerprint density at radius 1 is 1.47 bits per heavy atom.